The summed E-state index contributed by atoms with van der Waals surface area (Å²) < 4.78 is 58.7. The van der Waals surface area contributed by atoms with Crippen LogP contribution in [0.15, 0.2) is 82.6 Å². The first-order valence-electron chi connectivity index (χ1n) is 12.7. The van der Waals surface area contributed by atoms with Gasteiger partial charge in [0.25, 0.3) is 5.91 Å². The third kappa shape index (κ3) is 5.43. The summed E-state index contributed by atoms with van der Waals surface area (Å²) in [5.41, 5.74) is -0.539. The van der Waals surface area contributed by atoms with Crippen LogP contribution in [-0.4, -0.2) is 34.6 Å². The Morgan fingerprint density at radius 1 is 0.953 bits per heavy atom. The fourth-order valence-corrected chi connectivity index (χ4v) is 7.68. The van der Waals surface area contributed by atoms with Crippen molar-refractivity contribution in [3.8, 4) is 5.75 Å². The van der Waals surface area contributed by atoms with Crippen LogP contribution >= 0.6 is 23.1 Å². The molecule has 1 saturated heterocycles. The van der Waals surface area contributed by atoms with E-state index in [4.69, 9.17) is 4.74 Å². The lowest BCUT2D eigenvalue weighted by Gasteiger charge is -2.29. The zero-order valence-corrected chi connectivity index (χ0v) is 23.3. The van der Waals surface area contributed by atoms with E-state index in [1.165, 1.54) is 36.4 Å². The normalized spacial score (nSPS) is 19.6. The van der Waals surface area contributed by atoms with Crippen LogP contribution in [0.2, 0.25) is 0 Å². The summed E-state index contributed by atoms with van der Waals surface area (Å²) in [4.78, 5) is 55.7. The molecule has 2 aliphatic rings. The Morgan fingerprint density at radius 2 is 1.65 bits per heavy atom. The van der Waals surface area contributed by atoms with Crippen LogP contribution in [0.25, 0.3) is 0 Å². The Labute approximate surface area is 248 Å². The molecular weight excluding hydrogens is 610 g/mol. The fraction of sp³-hybridized carbons (Fsp3) is 0.172. The molecule has 8 nitrogen and oxygen atoms in total. The number of alkyl halides is 3. The number of aromatic nitrogens is 1. The molecule has 3 heterocycles. The van der Waals surface area contributed by atoms with Gasteiger partial charge in [0.15, 0.2) is 6.61 Å². The Balaban J connectivity index is 1.22. The van der Waals surface area contributed by atoms with Crippen LogP contribution in [0.4, 0.5) is 28.9 Å². The number of carbonyl (C=O) groups excluding carboxylic acids is 3. The fourth-order valence-electron chi connectivity index (χ4n) is 5.17. The van der Waals surface area contributed by atoms with Crippen LogP contribution in [0.1, 0.15) is 21.9 Å². The number of rotatable bonds is 6. The minimum Gasteiger partial charge on any atom is -0.484 e. The molecule has 3 aromatic carbocycles. The number of H-pyrrole nitrogens is 1. The van der Waals surface area contributed by atoms with Gasteiger partial charge in [-0.15, -0.1) is 0 Å². The van der Waals surface area contributed by atoms with Crippen LogP contribution in [-0.2, 0) is 20.6 Å². The topological polar surface area (TPSA) is 109 Å². The van der Waals surface area contributed by atoms with Crippen molar-refractivity contribution in [2.45, 2.75) is 22.4 Å². The molecule has 3 atom stereocenters. The smallest absolute Gasteiger partial charge is 0.418 e. The molecule has 1 fully saturated rings. The highest BCUT2D eigenvalue weighted by Crippen LogP contribution is 2.53. The monoisotopic (exact) mass is 629 g/mol. The number of thiazole rings is 1. The second-order valence-electron chi connectivity index (χ2n) is 9.69. The Kier molecular flexibility index (Phi) is 7.34. The van der Waals surface area contributed by atoms with E-state index in [-0.39, 0.29) is 16.3 Å². The van der Waals surface area contributed by atoms with E-state index >= 15 is 0 Å². The lowest BCUT2D eigenvalue weighted by molar-refractivity contribution is -0.137. The molecule has 0 saturated carbocycles. The maximum absolute atomic E-state index is 13.7. The van der Waals surface area contributed by atoms with Crippen molar-refractivity contribution in [3.63, 3.8) is 0 Å². The molecule has 0 spiro atoms. The number of benzene rings is 3. The summed E-state index contributed by atoms with van der Waals surface area (Å²) >= 11 is 2.05. The molecule has 2 N–H and O–H groups in total. The average molecular weight is 630 g/mol. The zero-order chi connectivity index (χ0) is 30.5. The van der Waals surface area contributed by atoms with Crippen LogP contribution < -0.4 is 19.8 Å². The molecule has 2 aliphatic heterocycles. The van der Waals surface area contributed by atoms with Gasteiger partial charge in [-0.1, -0.05) is 47.4 Å². The summed E-state index contributed by atoms with van der Waals surface area (Å²) in [7, 11) is 0. The van der Waals surface area contributed by atoms with Gasteiger partial charge in [0, 0.05) is 10.8 Å². The van der Waals surface area contributed by atoms with Gasteiger partial charge >= 0.3 is 11.0 Å². The van der Waals surface area contributed by atoms with Crippen molar-refractivity contribution in [1.29, 1.82) is 0 Å². The first-order chi connectivity index (χ1) is 20.5. The molecule has 0 radical (unpaired) electrons. The van der Waals surface area contributed by atoms with E-state index in [9.17, 15) is 36.7 Å². The van der Waals surface area contributed by atoms with Crippen LogP contribution in [0.5, 0.6) is 5.75 Å². The minimum absolute atomic E-state index is 0.231. The summed E-state index contributed by atoms with van der Waals surface area (Å²) in [6, 6.07) is 15.9. The largest absolute Gasteiger partial charge is 0.484 e. The number of hydrogen-bond acceptors (Lipinski definition) is 7. The van der Waals surface area contributed by atoms with Gasteiger partial charge in [-0.2, -0.15) is 13.2 Å². The molecule has 0 aliphatic carbocycles. The van der Waals surface area contributed by atoms with Gasteiger partial charge in [0.2, 0.25) is 11.8 Å². The zero-order valence-electron chi connectivity index (χ0n) is 21.7. The number of nitrogens with zero attached hydrogens (tertiary/aromatic N) is 1. The molecule has 3 amide bonds. The van der Waals surface area contributed by atoms with E-state index < -0.39 is 64.7 Å². The molecule has 6 rings (SSSR count). The summed E-state index contributed by atoms with van der Waals surface area (Å²) in [6.07, 6.45) is -4.65. The highest BCUT2D eigenvalue weighted by Gasteiger charge is 2.56. The third-order valence-electron chi connectivity index (χ3n) is 7.02. The number of amides is 3. The van der Waals surface area contributed by atoms with Gasteiger partial charge in [0.1, 0.15) is 16.8 Å². The van der Waals surface area contributed by atoms with Crippen molar-refractivity contribution in [2.24, 2.45) is 5.92 Å². The maximum Gasteiger partial charge on any atom is 0.418 e. The highest BCUT2D eigenvalue weighted by atomic mass is 32.2. The Morgan fingerprint density at radius 3 is 2.35 bits per heavy atom. The van der Waals surface area contributed by atoms with Gasteiger partial charge in [-0.25, -0.2) is 9.29 Å². The van der Waals surface area contributed by atoms with E-state index in [0.29, 0.717) is 15.5 Å². The molecule has 1 aromatic heterocycles. The number of fused-ring (bicyclic) bond motifs is 2. The molecule has 4 aromatic rings. The number of imide groups is 1. The number of nitrogens with one attached hydrogen (secondary N) is 2. The van der Waals surface area contributed by atoms with Crippen molar-refractivity contribution >= 4 is 52.2 Å². The van der Waals surface area contributed by atoms with Crippen LogP contribution in [0.3, 0.4) is 0 Å². The van der Waals surface area contributed by atoms with Gasteiger partial charge < -0.3 is 15.0 Å². The Bertz CT molecular complexity index is 1790. The van der Waals surface area contributed by atoms with Crippen molar-refractivity contribution in [2.75, 3.05) is 16.8 Å². The first-order valence-corrected chi connectivity index (χ1v) is 14.4. The Hall–Kier alpha value is -4.43. The number of ether oxygens (including phenoxy) is 1. The standard InChI is InChI=1S/C29H19F4N3O5S2/c30-15-7-9-16(10-8-15)36-26(38)22-21(23-25(35-28(40)43-23)42-24(22)27(36)39)14-5-11-17(12-6-14)41-13-20(37)34-19-4-2-1-3-18(19)29(31,32)33/h1-12,21-22,24H,13H2,(H,34,37)(H,35,40)/t21-,22?,24?/m1/s1. The van der Waals surface area contributed by atoms with E-state index in [2.05, 4.69) is 10.3 Å². The van der Waals surface area contributed by atoms with Gasteiger partial charge in [0.05, 0.1) is 27.9 Å². The van der Waals surface area contributed by atoms with Crippen molar-refractivity contribution in [3.05, 3.63) is 104 Å². The predicted octanol–water partition coefficient (Wildman–Crippen LogP) is 5.41. The summed E-state index contributed by atoms with van der Waals surface area (Å²) in [6.45, 7) is -0.570. The number of aromatic amines is 1. The molecule has 0 bridgehead atoms. The van der Waals surface area contributed by atoms with Crippen molar-refractivity contribution < 1.29 is 36.7 Å². The number of para-hydroxylation sites is 1. The maximum atomic E-state index is 13.7. The van der Waals surface area contributed by atoms with E-state index in [1.54, 1.807) is 12.1 Å². The number of thioether (sulfide) groups is 1. The predicted molar refractivity (Wildman–Crippen MR) is 151 cm³/mol. The second-order valence-corrected chi connectivity index (χ2v) is 11.9. The number of carbonyl (C=O) groups is 3. The SMILES string of the molecule is O=C(COc1ccc([C@H]2c3sc(=O)[nH]c3SC3C(=O)N(c4ccc(F)cc4)C(=O)C32)cc1)Nc1ccccc1C(F)(F)F. The van der Waals surface area contributed by atoms with Crippen LogP contribution in [0, 0.1) is 11.7 Å². The van der Waals surface area contributed by atoms with Gasteiger partial charge in [-0.05, 0) is 54.1 Å². The lowest BCUT2D eigenvalue weighted by Crippen LogP contribution is -2.32. The van der Waals surface area contributed by atoms with E-state index in [1.807, 2.05) is 0 Å². The lowest BCUT2D eigenvalue weighted by atomic mass is 9.83. The molecular formula is C29H19F4N3O5S2. The molecule has 220 valence electrons. The van der Waals surface area contributed by atoms with Crippen molar-refractivity contribution in [1.82, 2.24) is 4.98 Å². The van der Waals surface area contributed by atoms with Gasteiger partial charge in [-0.3, -0.25) is 19.2 Å². The highest BCUT2D eigenvalue weighted by molar-refractivity contribution is 8.00. The molecule has 14 heteroatoms. The third-order valence-corrected chi connectivity index (χ3v) is 9.43. The number of anilines is 2. The average Bonchev–Trinajstić information content (AvgIpc) is 3.46. The minimum atomic E-state index is -4.65. The quantitative estimate of drug-likeness (QED) is 0.218. The summed E-state index contributed by atoms with van der Waals surface area (Å²) in [5.74, 6) is -3.57. The molecule has 2 unspecified atom stereocenters. The first kappa shape index (κ1) is 28.7. The molecule has 43 heavy (non-hydrogen) atoms. The number of hydrogen-bond donors (Lipinski definition) is 2. The summed E-state index contributed by atoms with van der Waals surface area (Å²) in [5, 5.41) is 1.86. The number of halogens is 4. The second kappa shape index (κ2) is 11.0. The van der Waals surface area contributed by atoms with E-state index in [0.717, 1.165) is 52.3 Å².